The second-order valence-electron chi connectivity index (χ2n) is 5.75. The minimum atomic E-state index is 0.691. The summed E-state index contributed by atoms with van der Waals surface area (Å²) in [5, 5.41) is 3.68. The summed E-state index contributed by atoms with van der Waals surface area (Å²) in [6.07, 6.45) is 3.95. The number of nitrogens with one attached hydrogen (secondary N) is 1. The molecule has 0 saturated heterocycles. The lowest BCUT2D eigenvalue weighted by atomic mass is 9.92. The number of rotatable bonds is 4. The number of hydrogen-bond acceptors (Lipinski definition) is 1. The van der Waals surface area contributed by atoms with Crippen molar-refractivity contribution < 1.29 is 0 Å². The SMILES string of the molecule is CCCNC(C)C1C2CCc3ccccc3C21. The summed E-state index contributed by atoms with van der Waals surface area (Å²) in [6, 6.07) is 9.77. The van der Waals surface area contributed by atoms with Crippen molar-refractivity contribution in [3.8, 4) is 0 Å². The summed E-state index contributed by atoms with van der Waals surface area (Å²) in [4.78, 5) is 0. The van der Waals surface area contributed by atoms with Gasteiger partial charge in [-0.2, -0.15) is 0 Å². The molecule has 1 fully saturated rings. The molecule has 0 radical (unpaired) electrons. The van der Waals surface area contributed by atoms with Gasteiger partial charge in [-0.05, 0) is 61.6 Å². The fraction of sp³-hybridized carbons (Fsp3) is 0.625. The van der Waals surface area contributed by atoms with Crippen LogP contribution in [-0.2, 0) is 6.42 Å². The van der Waals surface area contributed by atoms with Gasteiger partial charge in [0.25, 0.3) is 0 Å². The zero-order chi connectivity index (χ0) is 11.8. The van der Waals surface area contributed by atoms with Crippen molar-refractivity contribution in [2.24, 2.45) is 11.8 Å². The topological polar surface area (TPSA) is 12.0 Å². The first kappa shape index (κ1) is 11.3. The summed E-state index contributed by atoms with van der Waals surface area (Å²) in [5.41, 5.74) is 3.26. The zero-order valence-electron chi connectivity index (χ0n) is 10.9. The normalized spacial score (nSPS) is 31.5. The van der Waals surface area contributed by atoms with E-state index in [1.165, 1.54) is 25.8 Å². The van der Waals surface area contributed by atoms with Crippen LogP contribution in [0.25, 0.3) is 0 Å². The molecule has 1 saturated carbocycles. The summed E-state index contributed by atoms with van der Waals surface area (Å²) < 4.78 is 0. The lowest BCUT2D eigenvalue weighted by Crippen LogP contribution is -2.29. The Balaban J connectivity index is 1.73. The van der Waals surface area contributed by atoms with Crippen LogP contribution < -0.4 is 5.32 Å². The van der Waals surface area contributed by atoms with Crippen LogP contribution in [0.3, 0.4) is 0 Å². The van der Waals surface area contributed by atoms with Crippen molar-refractivity contribution in [2.45, 2.75) is 45.1 Å². The maximum absolute atomic E-state index is 3.68. The molecule has 1 aromatic carbocycles. The Bertz CT molecular complexity index is 398. The van der Waals surface area contributed by atoms with E-state index in [9.17, 15) is 0 Å². The van der Waals surface area contributed by atoms with Gasteiger partial charge in [-0.3, -0.25) is 0 Å². The first-order valence-corrected chi connectivity index (χ1v) is 7.14. The molecule has 2 aliphatic carbocycles. The van der Waals surface area contributed by atoms with E-state index in [0.29, 0.717) is 6.04 Å². The largest absolute Gasteiger partial charge is 0.314 e. The highest BCUT2D eigenvalue weighted by Gasteiger charge is 2.54. The number of hydrogen-bond donors (Lipinski definition) is 1. The van der Waals surface area contributed by atoms with Gasteiger partial charge < -0.3 is 5.32 Å². The monoisotopic (exact) mass is 229 g/mol. The van der Waals surface area contributed by atoms with E-state index in [0.717, 1.165) is 17.8 Å². The van der Waals surface area contributed by atoms with E-state index in [4.69, 9.17) is 0 Å². The number of benzene rings is 1. The molecule has 0 heterocycles. The Morgan fingerprint density at radius 2 is 2.18 bits per heavy atom. The van der Waals surface area contributed by atoms with Crippen molar-refractivity contribution in [3.63, 3.8) is 0 Å². The third kappa shape index (κ3) is 1.91. The molecule has 3 rings (SSSR count). The average Bonchev–Trinajstić information content (AvgIpc) is 3.11. The molecule has 1 N–H and O–H groups in total. The van der Waals surface area contributed by atoms with Gasteiger partial charge in [0.1, 0.15) is 0 Å². The van der Waals surface area contributed by atoms with Crippen molar-refractivity contribution in [2.75, 3.05) is 6.54 Å². The lowest BCUT2D eigenvalue weighted by Gasteiger charge is -2.14. The summed E-state index contributed by atoms with van der Waals surface area (Å²) in [5.74, 6) is 2.72. The third-order valence-electron chi connectivity index (χ3n) is 4.68. The molecular formula is C16H23N. The van der Waals surface area contributed by atoms with Crippen molar-refractivity contribution in [3.05, 3.63) is 35.4 Å². The van der Waals surface area contributed by atoms with Gasteiger partial charge in [-0.15, -0.1) is 0 Å². The highest BCUT2D eigenvalue weighted by atomic mass is 14.9. The second-order valence-corrected chi connectivity index (χ2v) is 5.75. The molecule has 0 aliphatic heterocycles. The first-order chi connectivity index (χ1) is 8.33. The van der Waals surface area contributed by atoms with Gasteiger partial charge in [-0.1, -0.05) is 31.2 Å². The predicted octanol–water partition coefficient (Wildman–Crippen LogP) is 3.35. The maximum atomic E-state index is 3.68. The Hall–Kier alpha value is -0.820. The van der Waals surface area contributed by atoms with Crippen molar-refractivity contribution in [1.29, 1.82) is 0 Å². The van der Waals surface area contributed by atoms with E-state index in [1.807, 2.05) is 0 Å². The van der Waals surface area contributed by atoms with E-state index < -0.39 is 0 Å². The highest BCUT2D eigenvalue weighted by Crippen LogP contribution is 2.61. The Kier molecular flexibility index (Phi) is 2.96. The molecule has 1 nitrogen and oxygen atoms in total. The van der Waals surface area contributed by atoms with Gasteiger partial charge in [0, 0.05) is 6.04 Å². The minimum Gasteiger partial charge on any atom is -0.314 e. The molecule has 4 unspecified atom stereocenters. The predicted molar refractivity (Wildman–Crippen MR) is 72.2 cm³/mol. The van der Waals surface area contributed by atoms with Crippen LogP contribution in [0, 0.1) is 11.8 Å². The molecular weight excluding hydrogens is 206 g/mol. The summed E-state index contributed by atoms with van der Waals surface area (Å²) >= 11 is 0. The summed E-state index contributed by atoms with van der Waals surface area (Å²) in [7, 11) is 0. The first-order valence-electron chi connectivity index (χ1n) is 7.14. The molecule has 2 aliphatic rings. The fourth-order valence-electron chi connectivity index (χ4n) is 3.81. The Morgan fingerprint density at radius 3 is 3.00 bits per heavy atom. The van der Waals surface area contributed by atoms with Gasteiger partial charge in [0.2, 0.25) is 0 Å². The van der Waals surface area contributed by atoms with Crippen LogP contribution in [0.15, 0.2) is 24.3 Å². The molecule has 4 atom stereocenters. The molecule has 92 valence electrons. The van der Waals surface area contributed by atoms with Gasteiger partial charge in [-0.25, -0.2) is 0 Å². The molecule has 0 amide bonds. The van der Waals surface area contributed by atoms with Gasteiger partial charge in [0.15, 0.2) is 0 Å². The second kappa shape index (κ2) is 4.45. The Morgan fingerprint density at radius 1 is 1.35 bits per heavy atom. The van der Waals surface area contributed by atoms with E-state index in [-0.39, 0.29) is 0 Å². The van der Waals surface area contributed by atoms with E-state index in [1.54, 1.807) is 11.1 Å². The molecule has 0 aromatic heterocycles. The van der Waals surface area contributed by atoms with Crippen LogP contribution in [0.4, 0.5) is 0 Å². The molecule has 1 heteroatoms. The van der Waals surface area contributed by atoms with Crippen LogP contribution in [0.2, 0.25) is 0 Å². The summed E-state index contributed by atoms with van der Waals surface area (Å²) in [6.45, 7) is 5.79. The van der Waals surface area contributed by atoms with Gasteiger partial charge >= 0.3 is 0 Å². The van der Waals surface area contributed by atoms with Gasteiger partial charge in [0.05, 0.1) is 0 Å². The fourth-order valence-corrected chi connectivity index (χ4v) is 3.81. The number of aryl methyl sites for hydroxylation is 1. The van der Waals surface area contributed by atoms with Crippen LogP contribution >= 0.6 is 0 Å². The quantitative estimate of drug-likeness (QED) is 0.835. The smallest absolute Gasteiger partial charge is 0.00758 e. The standard InChI is InChI=1S/C16H23N/c1-3-10-17-11(2)15-14-9-8-12-6-4-5-7-13(12)16(14)15/h4-7,11,14-17H,3,8-10H2,1-2H3. The van der Waals surface area contributed by atoms with Crippen molar-refractivity contribution in [1.82, 2.24) is 5.32 Å². The maximum Gasteiger partial charge on any atom is 0.00758 e. The van der Waals surface area contributed by atoms with Crippen LogP contribution in [0.5, 0.6) is 0 Å². The number of fused-ring (bicyclic) bond motifs is 3. The zero-order valence-corrected chi connectivity index (χ0v) is 10.9. The van der Waals surface area contributed by atoms with E-state index in [2.05, 4.69) is 43.4 Å². The van der Waals surface area contributed by atoms with Crippen LogP contribution in [0.1, 0.15) is 43.7 Å². The highest BCUT2D eigenvalue weighted by molar-refractivity contribution is 5.39. The lowest BCUT2D eigenvalue weighted by molar-refractivity contribution is 0.464. The van der Waals surface area contributed by atoms with Crippen molar-refractivity contribution >= 4 is 0 Å². The van der Waals surface area contributed by atoms with E-state index >= 15 is 0 Å². The molecule has 0 bridgehead atoms. The Labute approximate surface area is 105 Å². The molecule has 17 heavy (non-hydrogen) atoms. The molecule has 1 aromatic rings. The minimum absolute atomic E-state index is 0.691. The average molecular weight is 229 g/mol. The third-order valence-corrected chi connectivity index (χ3v) is 4.68. The van der Waals surface area contributed by atoms with Crippen LogP contribution in [-0.4, -0.2) is 12.6 Å². The molecule has 0 spiro atoms.